The van der Waals surface area contributed by atoms with Gasteiger partial charge in [-0.2, -0.15) is 0 Å². The Balaban J connectivity index is 2.14. The molecule has 20 heavy (non-hydrogen) atoms. The number of nitrogens with two attached hydrogens (primary N) is 1. The highest BCUT2D eigenvalue weighted by atomic mass is 16.6. The lowest BCUT2D eigenvalue weighted by atomic mass is 9.89. The molecule has 1 amide bonds. The van der Waals surface area contributed by atoms with Crippen LogP contribution in [-0.2, 0) is 19.1 Å². The Labute approximate surface area is 117 Å². The molecular formula is C15H17NO4. The van der Waals surface area contributed by atoms with E-state index in [0.29, 0.717) is 0 Å². The summed E-state index contributed by atoms with van der Waals surface area (Å²) in [6.45, 7) is 1.96. The first-order valence-corrected chi connectivity index (χ1v) is 6.54. The maximum Gasteiger partial charge on any atom is 0.307 e. The molecule has 0 bridgehead atoms. The number of esters is 1. The Bertz CT molecular complexity index is 535. The molecule has 1 saturated heterocycles. The van der Waals surface area contributed by atoms with Crippen molar-refractivity contribution in [2.45, 2.75) is 32.3 Å². The highest BCUT2D eigenvalue weighted by Gasteiger charge is 2.40. The SMILES string of the molecule is Cc1ccc([C@@H]2OC(=O)C[C@H]2C(=O)CCC(N)=O)cc1. The van der Waals surface area contributed by atoms with Gasteiger partial charge in [0.25, 0.3) is 0 Å². The average molecular weight is 275 g/mol. The zero-order chi connectivity index (χ0) is 14.7. The number of carbonyl (C=O) groups is 3. The van der Waals surface area contributed by atoms with E-state index in [1.54, 1.807) is 0 Å². The zero-order valence-corrected chi connectivity index (χ0v) is 11.3. The summed E-state index contributed by atoms with van der Waals surface area (Å²) in [7, 11) is 0. The molecule has 1 aromatic rings. The Morgan fingerprint density at radius 1 is 1.25 bits per heavy atom. The molecule has 5 heteroatoms. The van der Waals surface area contributed by atoms with Gasteiger partial charge in [-0.3, -0.25) is 14.4 Å². The van der Waals surface area contributed by atoms with Crippen molar-refractivity contribution in [1.82, 2.24) is 0 Å². The van der Waals surface area contributed by atoms with E-state index in [1.165, 1.54) is 0 Å². The van der Waals surface area contributed by atoms with Gasteiger partial charge < -0.3 is 10.5 Å². The fourth-order valence-electron chi connectivity index (χ4n) is 2.33. The molecular weight excluding hydrogens is 258 g/mol. The zero-order valence-electron chi connectivity index (χ0n) is 11.3. The highest BCUT2D eigenvalue weighted by molar-refractivity contribution is 5.90. The van der Waals surface area contributed by atoms with Crippen molar-refractivity contribution in [1.29, 1.82) is 0 Å². The number of cyclic esters (lactones) is 1. The number of aryl methyl sites for hydroxylation is 1. The van der Waals surface area contributed by atoms with E-state index in [2.05, 4.69) is 0 Å². The fraction of sp³-hybridized carbons (Fsp3) is 0.400. The van der Waals surface area contributed by atoms with Gasteiger partial charge in [0.05, 0.1) is 12.3 Å². The molecule has 0 spiro atoms. The molecule has 1 heterocycles. The summed E-state index contributed by atoms with van der Waals surface area (Å²) in [5.74, 6) is -1.58. The summed E-state index contributed by atoms with van der Waals surface area (Å²) in [4.78, 5) is 34.3. The van der Waals surface area contributed by atoms with Gasteiger partial charge in [0.1, 0.15) is 11.9 Å². The van der Waals surface area contributed by atoms with E-state index in [-0.39, 0.29) is 31.0 Å². The average Bonchev–Trinajstić information content (AvgIpc) is 2.79. The Morgan fingerprint density at radius 3 is 2.50 bits per heavy atom. The molecule has 106 valence electrons. The third kappa shape index (κ3) is 3.23. The van der Waals surface area contributed by atoms with Crippen molar-refractivity contribution < 1.29 is 19.1 Å². The number of Topliss-reactive ketones (excluding diaryl/α,β-unsaturated/α-hetero) is 1. The molecule has 1 fully saturated rings. The van der Waals surface area contributed by atoms with E-state index in [9.17, 15) is 14.4 Å². The summed E-state index contributed by atoms with van der Waals surface area (Å²) in [6.07, 6.45) is -0.428. The van der Waals surface area contributed by atoms with Crippen LogP contribution in [-0.4, -0.2) is 17.7 Å². The minimum Gasteiger partial charge on any atom is -0.457 e. The summed E-state index contributed by atoms with van der Waals surface area (Å²) in [6, 6.07) is 7.53. The summed E-state index contributed by atoms with van der Waals surface area (Å²) < 4.78 is 5.25. The van der Waals surface area contributed by atoms with Crippen LogP contribution in [0.15, 0.2) is 24.3 Å². The predicted octanol–water partition coefficient (Wildman–Crippen LogP) is 1.43. The molecule has 0 radical (unpaired) electrons. The number of primary amides is 1. The van der Waals surface area contributed by atoms with Crippen molar-refractivity contribution in [3.63, 3.8) is 0 Å². The van der Waals surface area contributed by atoms with Crippen LogP contribution >= 0.6 is 0 Å². The summed E-state index contributed by atoms with van der Waals surface area (Å²) in [5.41, 5.74) is 6.94. The van der Waals surface area contributed by atoms with Crippen LogP contribution in [0.5, 0.6) is 0 Å². The van der Waals surface area contributed by atoms with E-state index in [0.717, 1.165) is 11.1 Å². The van der Waals surface area contributed by atoms with Crippen molar-refractivity contribution in [2.24, 2.45) is 11.7 Å². The Kier molecular flexibility index (Phi) is 4.17. The van der Waals surface area contributed by atoms with E-state index < -0.39 is 17.9 Å². The van der Waals surface area contributed by atoms with Crippen LogP contribution in [0.1, 0.15) is 36.5 Å². The molecule has 1 aliphatic rings. The number of ether oxygens (including phenoxy) is 1. The maximum atomic E-state index is 12.1. The molecule has 0 saturated carbocycles. The topological polar surface area (TPSA) is 86.5 Å². The van der Waals surface area contributed by atoms with Crippen LogP contribution in [0.3, 0.4) is 0 Å². The Hall–Kier alpha value is -2.17. The lowest BCUT2D eigenvalue weighted by Gasteiger charge is -2.17. The van der Waals surface area contributed by atoms with Crippen molar-refractivity contribution in [2.75, 3.05) is 0 Å². The summed E-state index contributed by atoms with van der Waals surface area (Å²) in [5, 5.41) is 0. The molecule has 0 aliphatic carbocycles. The van der Waals surface area contributed by atoms with Crippen LogP contribution in [0.4, 0.5) is 0 Å². The number of benzene rings is 1. The van der Waals surface area contributed by atoms with Gasteiger partial charge in [0, 0.05) is 12.8 Å². The number of hydrogen-bond acceptors (Lipinski definition) is 4. The second-order valence-electron chi connectivity index (χ2n) is 5.06. The first kappa shape index (κ1) is 14.2. The molecule has 0 aromatic heterocycles. The number of ketones is 1. The third-order valence-electron chi connectivity index (χ3n) is 3.45. The lowest BCUT2D eigenvalue weighted by Crippen LogP contribution is -2.21. The monoisotopic (exact) mass is 275 g/mol. The second-order valence-corrected chi connectivity index (χ2v) is 5.06. The molecule has 2 N–H and O–H groups in total. The second kappa shape index (κ2) is 5.86. The van der Waals surface area contributed by atoms with Gasteiger partial charge in [-0.1, -0.05) is 29.8 Å². The minimum absolute atomic E-state index is 0.00411. The smallest absolute Gasteiger partial charge is 0.307 e. The standard InChI is InChI=1S/C15H17NO4/c1-9-2-4-10(5-3-9)15-11(8-14(19)20-15)12(17)6-7-13(16)18/h2-5,11,15H,6-8H2,1H3,(H2,16,18)/t11-,15-/m0/s1. The van der Waals surface area contributed by atoms with Gasteiger partial charge in [0.15, 0.2) is 0 Å². The molecule has 0 unspecified atom stereocenters. The highest BCUT2D eigenvalue weighted by Crippen LogP contribution is 2.36. The predicted molar refractivity (Wildman–Crippen MR) is 71.6 cm³/mol. The van der Waals surface area contributed by atoms with Gasteiger partial charge in [-0.25, -0.2) is 0 Å². The summed E-state index contributed by atoms with van der Waals surface area (Å²) >= 11 is 0. The van der Waals surface area contributed by atoms with Crippen LogP contribution in [0.2, 0.25) is 0 Å². The van der Waals surface area contributed by atoms with Crippen LogP contribution in [0, 0.1) is 12.8 Å². The van der Waals surface area contributed by atoms with Crippen molar-refractivity contribution in [3.8, 4) is 0 Å². The number of amides is 1. The molecule has 1 aliphatic heterocycles. The van der Waals surface area contributed by atoms with E-state index in [1.807, 2.05) is 31.2 Å². The van der Waals surface area contributed by atoms with Crippen molar-refractivity contribution in [3.05, 3.63) is 35.4 Å². The quantitative estimate of drug-likeness (QED) is 0.824. The first-order chi connectivity index (χ1) is 9.47. The van der Waals surface area contributed by atoms with Gasteiger partial charge >= 0.3 is 5.97 Å². The number of rotatable bonds is 5. The first-order valence-electron chi connectivity index (χ1n) is 6.54. The number of hydrogen-bond donors (Lipinski definition) is 1. The van der Waals surface area contributed by atoms with Crippen LogP contribution in [0.25, 0.3) is 0 Å². The van der Waals surface area contributed by atoms with Crippen LogP contribution < -0.4 is 5.73 Å². The molecule has 2 rings (SSSR count). The van der Waals surface area contributed by atoms with Gasteiger partial charge in [0.2, 0.25) is 5.91 Å². The van der Waals surface area contributed by atoms with E-state index >= 15 is 0 Å². The number of carbonyl (C=O) groups excluding carboxylic acids is 3. The van der Waals surface area contributed by atoms with Crippen molar-refractivity contribution >= 4 is 17.7 Å². The lowest BCUT2D eigenvalue weighted by molar-refractivity contribution is -0.142. The third-order valence-corrected chi connectivity index (χ3v) is 3.45. The minimum atomic E-state index is -0.552. The van der Waals surface area contributed by atoms with Gasteiger partial charge in [-0.15, -0.1) is 0 Å². The fourth-order valence-corrected chi connectivity index (χ4v) is 2.33. The maximum absolute atomic E-state index is 12.1. The normalized spacial score (nSPS) is 21.6. The molecule has 2 atom stereocenters. The Morgan fingerprint density at radius 2 is 1.90 bits per heavy atom. The molecule has 1 aromatic carbocycles. The van der Waals surface area contributed by atoms with Gasteiger partial charge in [-0.05, 0) is 12.5 Å². The van der Waals surface area contributed by atoms with E-state index in [4.69, 9.17) is 10.5 Å². The largest absolute Gasteiger partial charge is 0.457 e. The molecule has 5 nitrogen and oxygen atoms in total.